The molecule has 0 saturated heterocycles. The third kappa shape index (κ3) is 4.08. The molecule has 1 aromatic rings. The van der Waals surface area contributed by atoms with Crippen molar-refractivity contribution < 1.29 is 14.3 Å². The average molecular weight is 244 g/mol. The van der Waals surface area contributed by atoms with Crippen molar-refractivity contribution >= 4 is 23.3 Å². The van der Waals surface area contributed by atoms with E-state index in [0.717, 1.165) is 0 Å². The number of esters is 1. The number of ether oxygens (including phenoxy) is 2. The second kappa shape index (κ2) is 6.35. The first kappa shape index (κ1) is 12.8. The van der Waals surface area contributed by atoms with Crippen LogP contribution in [0.2, 0.25) is 5.02 Å². The fraction of sp³-hybridized carbons (Fsp3) is 0.364. The minimum atomic E-state index is -0.450. The van der Waals surface area contributed by atoms with Gasteiger partial charge in [-0.3, -0.25) is 0 Å². The molecule has 0 saturated carbocycles. The lowest BCUT2D eigenvalue weighted by Crippen LogP contribution is -2.11. The highest BCUT2D eigenvalue weighted by Crippen LogP contribution is 2.17. The Kier molecular flexibility index (Phi) is 5.08. The van der Waals surface area contributed by atoms with Gasteiger partial charge in [0.05, 0.1) is 12.2 Å². The van der Waals surface area contributed by atoms with E-state index in [9.17, 15) is 4.79 Å². The Morgan fingerprint density at radius 1 is 1.38 bits per heavy atom. The molecule has 0 spiro atoms. The quantitative estimate of drug-likeness (QED) is 0.489. The highest BCUT2D eigenvalue weighted by Gasteiger charge is 2.08. The molecule has 0 radical (unpaired) electrons. The summed E-state index contributed by atoms with van der Waals surface area (Å²) in [6, 6.07) is 4.61. The first-order chi connectivity index (χ1) is 7.63. The van der Waals surface area contributed by atoms with E-state index in [4.69, 9.17) is 26.8 Å². The molecule has 0 fully saturated rings. The van der Waals surface area contributed by atoms with Crippen molar-refractivity contribution in [1.29, 1.82) is 0 Å². The van der Waals surface area contributed by atoms with Gasteiger partial charge in [0.1, 0.15) is 6.61 Å². The van der Waals surface area contributed by atoms with Crippen LogP contribution in [0.5, 0.6) is 0 Å². The zero-order chi connectivity index (χ0) is 12.0. The number of carbonyl (C=O) groups is 1. The van der Waals surface area contributed by atoms with Crippen LogP contribution in [0.15, 0.2) is 18.2 Å². The van der Waals surface area contributed by atoms with Crippen LogP contribution in [0.25, 0.3) is 0 Å². The second-order valence-electron chi connectivity index (χ2n) is 3.11. The summed E-state index contributed by atoms with van der Waals surface area (Å²) in [5.74, 6) is -0.450. The fourth-order valence-electron chi connectivity index (χ4n) is 1.15. The summed E-state index contributed by atoms with van der Waals surface area (Å²) in [7, 11) is 0. The van der Waals surface area contributed by atoms with Crippen LogP contribution < -0.4 is 5.73 Å². The molecule has 0 heterocycles. The Morgan fingerprint density at radius 2 is 2.12 bits per heavy atom. The lowest BCUT2D eigenvalue weighted by molar-refractivity contribution is 0.0335. The van der Waals surface area contributed by atoms with E-state index in [1.165, 1.54) is 12.1 Å². The smallest absolute Gasteiger partial charge is 0.338 e. The van der Waals surface area contributed by atoms with E-state index in [2.05, 4.69) is 0 Å². The predicted molar refractivity (Wildman–Crippen MR) is 62.6 cm³/mol. The van der Waals surface area contributed by atoms with Crippen LogP contribution in [0.3, 0.4) is 0 Å². The van der Waals surface area contributed by atoms with Crippen molar-refractivity contribution in [2.75, 3.05) is 25.6 Å². The van der Waals surface area contributed by atoms with Gasteiger partial charge in [0.2, 0.25) is 0 Å². The van der Waals surface area contributed by atoms with Crippen LogP contribution >= 0.6 is 11.6 Å². The fourth-order valence-corrected chi connectivity index (χ4v) is 1.39. The van der Waals surface area contributed by atoms with Gasteiger partial charge in [0.25, 0.3) is 0 Å². The van der Waals surface area contributed by atoms with Gasteiger partial charge in [-0.2, -0.15) is 0 Å². The van der Waals surface area contributed by atoms with E-state index in [1.54, 1.807) is 6.07 Å². The number of hydrogen-bond donors (Lipinski definition) is 1. The average Bonchev–Trinajstić information content (AvgIpc) is 2.22. The molecule has 0 aliphatic carbocycles. The molecule has 0 aromatic heterocycles. The summed E-state index contributed by atoms with van der Waals surface area (Å²) in [5.41, 5.74) is 6.34. The molecule has 0 bridgehead atoms. The van der Waals surface area contributed by atoms with Gasteiger partial charge < -0.3 is 15.2 Å². The maximum atomic E-state index is 11.5. The number of nitrogens with two attached hydrogens (primary N) is 1. The Hall–Kier alpha value is -1.26. The molecular weight excluding hydrogens is 230 g/mol. The van der Waals surface area contributed by atoms with Crippen LogP contribution in [-0.4, -0.2) is 25.8 Å². The SMILES string of the molecule is CCOCCOC(=O)c1cc(N)cc(Cl)c1. The summed E-state index contributed by atoms with van der Waals surface area (Å²) in [6.45, 7) is 3.08. The minimum absolute atomic E-state index is 0.221. The van der Waals surface area contributed by atoms with Gasteiger partial charge in [0.15, 0.2) is 0 Å². The van der Waals surface area contributed by atoms with Crippen molar-refractivity contribution in [3.8, 4) is 0 Å². The number of rotatable bonds is 5. The summed E-state index contributed by atoms with van der Waals surface area (Å²) in [4.78, 5) is 11.5. The molecule has 0 aliphatic heterocycles. The van der Waals surface area contributed by atoms with Gasteiger partial charge in [-0.05, 0) is 25.1 Å². The first-order valence-corrected chi connectivity index (χ1v) is 5.32. The topological polar surface area (TPSA) is 61.5 Å². The van der Waals surface area contributed by atoms with Gasteiger partial charge >= 0.3 is 5.97 Å². The van der Waals surface area contributed by atoms with E-state index < -0.39 is 5.97 Å². The molecule has 88 valence electrons. The van der Waals surface area contributed by atoms with E-state index in [-0.39, 0.29) is 6.61 Å². The highest BCUT2D eigenvalue weighted by molar-refractivity contribution is 6.31. The number of carbonyl (C=O) groups excluding carboxylic acids is 1. The third-order valence-electron chi connectivity index (χ3n) is 1.82. The van der Waals surface area contributed by atoms with E-state index in [1.807, 2.05) is 6.92 Å². The van der Waals surface area contributed by atoms with Crippen molar-refractivity contribution in [2.24, 2.45) is 0 Å². The van der Waals surface area contributed by atoms with Crippen LogP contribution in [0.4, 0.5) is 5.69 Å². The Bertz CT molecular complexity index is 348. The molecule has 0 atom stereocenters. The summed E-state index contributed by atoms with van der Waals surface area (Å²) in [5, 5.41) is 0.414. The Morgan fingerprint density at radius 3 is 2.75 bits per heavy atom. The van der Waals surface area contributed by atoms with Crippen molar-refractivity contribution in [1.82, 2.24) is 0 Å². The molecule has 1 rings (SSSR count). The molecule has 16 heavy (non-hydrogen) atoms. The third-order valence-corrected chi connectivity index (χ3v) is 2.04. The number of nitrogen functional groups attached to an aromatic ring is 1. The number of hydrogen-bond acceptors (Lipinski definition) is 4. The van der Waals surface area contributed by atoms with Gasteiger partial charge in [0, 0.05) is 17.3 Å². The molecule has 0 amide bonds. The predicted octanol–water partition coefficient (Wildman–Crippen LogP) is 2.12. The number of halogens is 1. The zero-order valence-electron chi connectivity index (χ0n) is 9.03. The molecule has 5 heteroatoms. The van der Waals surface area contributed by atoms with Crippen molar-refractivity contribution in [2.45, 2.75) is 6.92 Å². The molecular formula is C11H14ClNO3. The minimum Gasteiger partial charge on any atom is -0.460 e. The maximum absolute atomic E-state index is 11.5. The lowest BCUT2D eigenvalue weighted by atomic mass is 10.2. The molecule has 0 aliphatic rings. The molecule has 0 unspecified atom stereocenters. The first-order valence-electron chi connectivity index (χ1n) is 4.94. The van der Waals surface area contributed by atoms with E-state index in [0.29, 0.717) is 29.5 Å². The number of benzene rings is 1. The molecule has 2 N–H and O–H groups in total. The van der Waals surface area contributed by atoms with Gasteiger partial charge in [-0.15, -0.1) is 0 Å². The summed E-state index contributed by atoms with van der Waals surface area (Å²) >= 11 is 5.77. The van der Waals surface area contributed by atoms with Gasteiger partial charge in [-0.1, -0.05) is 11.6 Å². The van der Waals surface area contributed by atoms with Crippen LogP contribution in [0.1, 0.15) is 17.3 Å². The Labute approximate surface area is 99.3 Å². The number of anilines is 1. The lowest BCUT2D eigenvalue weighted by Gasteiger charge is -2.05. The summed E-state index contributed by atoms with van der Waals surface area (Å²) in [6.07, 6.45) is 0. The second-order valence-corrected chi connectivity index (χ2v) is 3.54. The molecule has 4 nitrogen and oxygen atoms in total. The Balaban J connectivity index is 2.52. The normalized spacial score (nSPS) is 10.1. The van der Waals surface area contributed by atoms with Crippen molar-refractivity contribution in [3.05, 3.63) is 28.8 Å². The maximum Gasteiger partial charge on any atom is 0.338 e. The standard InChI is InChI=1S/C11H14ClNO3/c1-2-15-3-4-16-11(14)8-5-9(12)7-10(13)6-8/h5-7H,2-4,13H2,1H3. The van der Waals surface area contributed by atoms with Gasteiger partial charge in [-0.25, -0.2) is 4.79 Å². The zero-order valence-corrected chi connectivity index (χ0v) is 9.79. The monoisotopic (exact) mass is 243 g/mol. The van der Waals surface area contributed by atoms with Crippen LogP contribution in [-0.2, 0) is 9.47 Å². The van der Waals surface area contributed by atoms with Crippen molar-refractivity contribution in [3.63, 3.8) is 0 Å². The highest BCUT2D eigenvalue weighted by atomic mass is 35.5. The summed E-state index contributed by atoms with van der Waals surface area (Å²) < 4.78 is 10.0. The largest absolute Gasteiger partial charge is 0.460 e. The van der Waals surface area contributed by atoms with E-state index >= 15 is 0 Å². The molecule has 1 aromatic carbocycles. The van der Waals surface area contributed by atoms with Crippen LogP contribution in [0, 0.1) is 0 Å².